The first-order chi connectivity index (χ1) is 7.39. The molecule has 0 saturated heterocycles. The molecule has 0 aliphatic rings. The summed E-state index contributed by atoms with van der Waals surface area (Å²) in [5.41, 5.74) is -1.32. The Morgan fingerprint density at radius 1 is 1.38 bits per heavy atom. The van der Waals surface area contributed by atoms with Gasteiger partial charge in [-0.3, -0.25) is 0 Å². The van der Waals surface area contributed by atoms with Crippen LogP contribution in [0.1, 0.15) is 16.1 Å². The number of fused-ring (bicyclic) bond motifs is 1. The van der Waals surface area contributed by atoms with Crippen molar-refractivity contribution in [1.29, 1.82) is 0 Å². The number of pyridine rings is 1. The summed E-state index contributed by atoms with van der Waals surface area (Å²) >= 11 is 0. The van der Waals surface area contributed by atoms with E-state index in [0.29, 0.717) is 0 Å². The predicted molar refractivity (Wildman–Crippen MR) is 48.1 cm³/mol. The third kappa shape index (κ3) is 1.60. The third-order valence-corrected chi connectivity index (χ3v) is 2.04. The summed E-state index contributed by atoms with van der Waals surface area (Å²) in [5, 5.41) is 8.72. The zero-order chi connectivity index (χ0) is 11.9. The normalized spacial score (nSPS) is 11.9. The number of aromatic nitrogens is 2. The Morgan fingerprint density at radius 2 is 2.06 bits per heavy atom. The lowest BCUT2D eigenvalue weighted by Gasteiger charge is -2.04. The summed E-state index contributed by atoms with van der Waals surface area (Å²) in [4.78, 5) is 16.5. The molecular weight excluding hydrogens is 225 g/mol. The van der Waals surface area contributed by atoms with Crippen molar-refractivity contribution in [2.24, 2.45) is 0 Å². The summed E-state index contributed by atoms with van der Waals surface area (Å²) in [7, 11) is 0. The molecule has 0 amide bonds. The van der Waals surface area contributed by atoms with Crippen molar-refractivity contribution >= 4 is 17.0 Å². The molecule has 2 N–H and O–H groups in total. The fraction of sp³-hybridized carbons (Fsp3) is 0.111. The van der Waals surface area contributed by atoms with Crippen LogP contribution in [0.4, 0.5) is 13.2 Å². The monoisotopic (exact) mass is 230 g/mol. The zero-order valence-corrected chi connectivity index (χ0v) is 7.67. The van der Waals surface area contributed by atoms with E-state index >= 15 is 0 Å². The molecule has 0 spiro atoms. The lowest BCUT2D eigenvalue weighted by Crippen LogP contribution is -2.08. The standard InChI is InChI=1S/C9H5F3N2O2/c10-9(11,12)6-2-1-5-7(14-6)4(3-13-5)8(15)16/h1-3,13H,(H,15,16). The number of hydrogen-bond donors (Lipinski definition) is 2. The Balaban J connectivity index is 2.68. The van der Waals surface area contributed by atoms with Crippen molar-refractivity contribution < 1.29 is 23.1 Å². The van der Waals surface area contributed by atoms with Crippen LogP contribution in [0.2, 0.25) is 0 Å². The minimum atomic E-state index is -4.58. The van der Waals surface area contributed by atoms with E-state index in [1.165, 1.54) is 0 Å². The number of carboxylic acids is 1. The number of aromatic carboxylic acids is 1. The fourth-order valence-corrected chi connectivity index (χ4v) is 1.32. The van der Waals surface area contributed by atoms with Gasteiger partial charge in [0.25, 0.3) is 0 Å². The molecule has 16 heavy (non-hydrogen) atoms. The molecule has 0 atom stereocenters. The Morgan fingerprint density at radius 3 is 2.62 bits per heavy atom. The molecule has 0 aromatic carbocycles. The summed E-state index contributed by atoms with van der Waals surface area (Å²) in [6, 6.07) is 1.95. The molecule has 0 aliphatic heterocycles. The molecule has 2 aromatic rings. The number of carboxylic acid groups (broad SMARTS) is 1. The lowest BCUT2D eigenvalue weighted by molar-refractivity contribution is -0.140. The van der Waals surface area contributed by atoms with Gasteiger partial charge >= 0.3 is 12.1 Å². The second kappa shape index (κ2) is 3.22. The van der Waals surface area contributed by atoms with Crippen molar-refractivity contribution in [3.8, 4) is 0 Å². The molecule has 0 radical (unpaired) electrons. The van der Waals surface area contributed by atoms with Crippen LogP contribution in [0.25, 0.3) is 11.0 Å². The molecule has 0 bridgehead atoms. The van der Waals surface area contributed by atoms with Gasteiger partial charge < -0.3 is 10.1 Å². The van der Waals surface area contributed by atoms with Crippen molar-refractivity contribution in [3.63, 3.8) is 0 Å². The molecule has 0 unspecified atom stereocenters. The molecule has 0 aliphatic carbocycles. The van der Waals surface area contributed by atoms with Gasteiger partial charge in [0.2, 0.25) is 0 Å². The Labute approximate surface area is 86.7 Å². The van der Waals surface area contributed by atoms with Crippen molar-refractivity contribution in [2.75, 3.05) is 0 Å². The number of nitrogens with zero attached hydrogens (tertiary/aromatic N) is 1. The van der Waals surface area contributed by atoms with Gasteiger partial charge in [-0.15, -0.1) is 0 Å². The van der Waals surface area contributed by atoms with Crippen LogP contribution in [-0.2, 0) is 6.18 Å². The fourth-order valence-electron chi connectivity index (χ4n) is 1.32. The zero-order valence-electron chi connectivity index (χ0n) is 7.67. The van der Waals surface area contributed by atoms with Crippen LogP contribution in [-0.4, -0.2) is 21.0 Å². The topological polar surface area (TPSA) is 66.0 Å². The maximum Gasteiger partial charge on any atom is 0.433 e. The highest BCUT2D eigenvalue weighted by Crippen LogP contribution is 2.29. The number of carbonyl (C=O) groups is 1. The molecule has 0 fully saturated rings. The predicted octanol–water partition coefficient (Wildman–Crippen LogP) is 2.28. The molecule has 2 rings (SSSR count). The average molecular weight is 230 g/mol. The lowest BCUT2D eigenvalue weighted by atomic mass is 10.2. The van der Waals surface area contributed by atoms with Crippen LogP contribution in [0, 0.1) is 0 Å². The minimum absolute atomic E-state index is 0.192. The molecule has 4 nitrogen and oxygen atoms in total. The van der Waals surface area contributed by atoms with Gasteiger partial charge in [0.15, 0.2) is 0 Å². The molecule has 2 heterocycles. The van der Waals surface area contributed by atoms with Crippen LogP contribution >= 0.6 is 0 Å². The van der Waals surface area contributed by atoms with Crippen LogP contribution < -0.4 is 0 Å². The number of hydrogen-bond acceptors (Lipinski definition) is 2. The van der Waals surface area contributed by atoms with Gasteiger partial charge in [-0.25, -0.2) is 9.78 Å². The van der Waals surface area contributed by atoms with Crippen molar-refractivity contribution in [3.05, 3.63) is 29.6 Å². The highest BCUT2D eigenvalue weighted by molar-refractivity contribution is 6.01. The van der Waals surface area contributed by atoms with Gasteiger partial charge in [0.05, 0.1) is 5.52 Å². The van der Waals surface area contributed by atoms with E-state index in [9.17, 15) is 18.0 Å². The maximum absolute atomic E-state index is 12.3. The second-order valence-corrected chi connectivity index (χ2v) is 3.10. The largest absolute Gasteiger partial charge is 0.478 e. The van der Waals surface area contributed by atoms with Gasteiger partial charge in [-0.2, -0.15) is 13.2 Å². The quantitative estimate of drug-likeness (QED) is 0.789. The first kappa shape index (κ1) is 10.5. The van der Waals surface area contributed by atoms with E-state index in [-0.39, 0.29) is 16.6 Å². The molecule has 84 valence electrons. The highest BCUT2D eigenvalue weighted by atomic mass is 19.4. The second-order valence-electron chi connectivity index (χ2n) is 3.10. The third-order valence-electron chi connectivity index (χ3n) is 2.04. The Hall–Kier alpha value is -2.05. The Kier molecular flexibility index (Phi) is 2.11. The molecule has 0 saturated carbocycles. The van der Waals surface area contributed by atoms with E-state index in [0.717, 1.165) is 18.3 Å². The van der Waals surface area contributed by atoms with E-state index in [1.807, 2.05) is 0 Å². The molecule has 2 aromatic heterocycles. The van der Waals surface area contributed by atoms with Crippen LogP contribution in [0.15, 0.2) is 18.3 Å². The first-order valence-corrected chi connectivity index (χ1v) is 4.18. The number of halogens is 3. The van der Waals surface area contributed by atoms with E-state index in [2.05, 4.69) is 9.97 Å². The minimum Gasteiger partial charge on any atom is -0.478 e. The number of H-pyrrole nitrogens is 1. The molecule has 7 heteroatoms. The highest BCUT2D eigenvalue weighted by Gasteiger charge is 2.33. The van der Waals surface area contributed by atoms with Crippen LogP contribution in [0.5, 0.6) is 0 Å². The van der Waals surface area contributed by atoms with E-state index in [4.69, 9.17) is 5.11 Å². The van der Waals surface area contributed by atoms with Crippen LogP contribution in [0.3, 0.4) is 0 Å². The van der Waals surface area contributed by atoms with Crippen molar-refractivity contribution in [2.45, 2.75) is 6.18 Å². The summed E-state index contributed by atoms with van der Waals surface area (Å²) in [6.07, 6.45) is -3.47. The van der Waals surface area contributed by atoms with Crippen molar-refractivity contribution in [1.82, 2.24) is 9.97 Å². The maximum atomic E-state index is 12.3. The van der Waals surface area contributed by atoms with Gasteiger partial charge in [0.1, 0.15) is 16.8 Å². The number of rotatable bonds is 1. The summed E-state index contributed by atoms with van der Waals surface area (Å²) in [5.74, 6) is -1.32. The van der Waals surface area contributed by atoms with E-state index < -0.39 is 17.8 Å². The SMILES string of the molecule is O=C(O)c1c[nH]c2ccc(C(F)(F)F)nc12. The average Bonchev–Trinajstić information content (AvgIpc) is 2.58. The number of aromatic amines is 1. The van der Waals surface area contributed by atoms with Gasteiger partial charge in [-0.1, -0.05) is 0 Å². The summed E-state index contributed by atoms with van der Waals surface area (Å²) < 4.78 is 37.0. The number of alkyl halides is 3. The van der Waals surface area contributed by atoms with Gasteiger partial charge in [-0.05, 0) is 12.1 Å². The Bertz CT molecular complexity index is 559. The van der Waals surface area contributed by atoms with Gasteiger partial charge in [0, 0.05) is 6.20 Å². The smallest absolute Gasteiger partial charge is 0.433 e. The number of nitrogens with one attached hydrogen (secondary N) is 1. The summed E-state index contributed by atoms with van der Waals surface area (Å²) in [6.45, 7) is 0. The first-order valence-electron chi connectivity index (χ1n) is 4.18. The molecular formula is C9H5F3N2O2. The van der Waals surface area contributed by atoms with E-state index in [1.54, 1.807) is 0 Å².